The van der Waals surface area contributed by atoms with Gasteiger partial charge in [-0.15, -0.1) is 0 Å². The number of halogens is 1. The van der Waals surface area contributed by atoms with Crippen LogP contribution in [-0.2, 0) is 6.54 Å². The van der Waals surface area contributed by atoms with E-state index in [-0.39, 0.29) is 12.3 Å². The van der Waals surface area contributed by atoms with Gasteiger partial charge in [-0.1, -0.05) is 11.6 Å². The molecule has 88 valence electrons. The lowest BCUT2D eigenvalue weighted by molar-refractivity contribution is -0.385. The van der Waals surface area contributed by atoms with Crippen molar-refractivity contribution in [3.05, 3.63) is 38.9 Å². The van der Waals surface area contributed by atoms with Crippen LogP contribution in [-0.4, -0.2) is 23.2 Å². The van der Waals surface area contributed by atoms with Gasteiger partial charge in [0.1, 0.15) is 0 Å². The first kappa shape index (κ1) is 12.9. The second-order valence-corrected chi connectivity index (χ2v) is 3.72. The first-order chi connectivity index (χ1) is 7.65. The molecule has 0 aliphatic heterocycles. The molecule has 0 unspecified atom stereocenters. The van der Waals surface area contributed by atoms with Gasteiger partial charge in [0, 0.05) is 29.8 Å². The van der Waals surface area contributed by atoms with Crippen LogP contribution in [0.3, 0.4) is 0 Å². The Balaban J connectivity index is 2.67. The number of rotatable bonds is 6. The van der Waals surface area contributed by atoms with E-state index in [0.29, 0.717) is 30.1 Å². The molecule has 0 heterocycles. The van der Waals surface area contributed by atoms with Crippen molar-refractivity contribution < 1.29 is 10.0 Å². The number of hydrogen-bond donors (Lipinski definition) is 2. The quantitative estimate of drug-likeness (QED) is 0.454. The molecule has 0 amide bonds. The van der Waals surface area contributed by atoms with Gasteiger partial charge in [-0.05, 0) is 25.1 Å². The number of hydrogen-bond acceptors (Lipinski definition) is 4. The highest BCUT2D eigenvalue weighted by molar-refractivity contribution is 6.30. The molecule has 1 aromatic carbocycles. The van der Waals surface area contributed by atoms with E-state index in [4.69, 9.17) is 16.7 Å². The average molecular weight is 245 g/mol. The fourth-order valence-electron chi connectivity index (χ4n) is 1.28. The van der Waals surface area contributed by atoms with E-state index in [2.05, 4.69) is 5.32 Å². The summed E-state index contributed by atoms with van der Waals surface area (Å²) in [6.07, 6.45) is 0.626. The summed E-state index contributed by atoms with van der Waals surface area (Å²) in [6, 6.07) is 4.59. The second kappa shape index (κ2) is 6.42. The van der Waals surface area contributed by atoms with Crippen LogP contribution in [0, 0.1) is 10.1 Å². The molecule has 0 aliphatic rings. The number of nitrogens with one attached hydrogen (secondary N) is 1. The lowest BCUT2D eigenvalue weighted by atomic mass is 10.2. The maximum atomic E-state index is 10.7. The van der Waals surface area contributed by atoms with Crippen molar-refractivity contribution in [3.63, 3.8) is 0 Å². The van der Waals surface area contributed by atoms with E-state index in [1.807, 2.05) is 0 Å². The first-order valence-electron chi connectivity index (χ1n) is 4.89. The molecule has 0 saturated carbocycles. The Bertz CT molecular complexity index is 371. The Morgan fingerprint density at radius 3 is 2.88 bits per heavy atom. The molecule has 0 spiro atoms. The number of nitro groups is 1. The molecule has 0 fully saturated rings. The number of aliphatic hydroxyl groups excluding tert-OH is 1. The molecule has 0 atom stereocenters. The van der Waals surface area contributed by atoms with E-state index < -0.39 is 4.92 Å². The highest BCUT2D eigenvalue weighted by Crippen LogP contribution is 2.22. The third kappa shape index (κ3) is 3.77. The van der Waals surface area contributed by atoms with E-state index in [1.165, 1.54) is 6.07 Å². The van der Waals surface area contributed by atoms with Gasteiger partial charge >= 0.3 is 0 Å². The number of nitro benzene ring substituents is 1. The number of benzene rings is 1. The minimum Gasteiger partial charge on any atom is -0.396 e. The Morgan fingerprint density at radius 2 is 2.25 bits per heavy atom. The number of aliphatic hydroxyl groups is 1. The predicted octanol–water partition coefficient (Wildman–Crippen LogP) is 1.72. The fraction of sp³-hybridized carbons (Fsp3) is 0.400. The van der Waals surface area contributed by atoms with Crippen LogP contribution in [0.1, 0.15) is 12.0 Å². The maximum absolute atomic E-state index is 10.7. The highest BCUT2D eigenvalue weighted by atomic mass is 35.5. The first-order valence-corrected chi connectivity index (χ1v) is 5.27. The summed E-state index contributed by atoms with van der Waals surface area (Å²) in [5, 5.41) is 22.7. The molecule has 0 aliphatic carbocycles. The van der Waals surface area contributed by atoms with Crippen molar-refractivity contribution in [2.75, 3.05) is 13.2 Å². The van der Waals surface area contributed by atoms with Crippen LogP contribution >= 0.6 is 11.6 Å². The smallest absolute Gasteiger partial charge is 0.275 e. The van der Waals surface area contributed by atoms with Gasteiger partial charge in [-0.2, -0.15) is 0 Å². The third-order valence-electron chi connectivity index (χ3n) is 2.07. The second-order valence-electron chi connectivity index (χ2n) is 3.28. The summed E-state index contributed by atoms with van der Waals surface area (Å²) in [7, 11) is 0. The van der Waals surface area contributed by atoms with Crippen LogP contribution in [0.25, 0.3) is 0 Å². The fourth-order valence-corrected chi connectivity index (χ4v) is 1.45. The Morgan fingerprint density at radius 1 is 1.50 bits per heavy atom. The topological polar surface area (TPSA) is 75.4 Å². The minimum absolute atomic E-state index is 0.0176. The van der Waals surface area contributed by atoms with Crippen molar-refractivity contribution in [1.29, 1.82) is 0 Å². The molecule has 0 radical (unpaired) electrons. The standard InChI is InChI=1S/C10H13ClN2O3/c11-9-3-2-8(7-12-4-1-5-14)10(6-9)13(15)16/h2-3,6,12,14H,1,4-5,7H2. The van der Waals surface area contributed by atoms with Crippen LogP contribution in [0.2, 0.25) is 5.02 Å². The van der Waals surface area contributed by atoms with Crippen molar-refractivity contribution in [2.45, 2.75) is 13.0 Å². The van der Waals surface area contributed by atoms with E-state index in [0.717, 1.165) is 0 Å². The summed E-state index contributed by atoms with van der Waals surface area (Å²) in [5.41, 5.74) is 0.608. The van der Waals surface area contributed by atoms with Crippen LogP contribution in [0.5, 0.6) is 0 Å². The van der Waals surface area contributed by atoms with Crippen LogP contribution < -0.4 is 5.32 Å². The van der Waals surface area contributed by atoms with Crippen molar-refractivity contribution >= 4 is 17.3 Å². The van der Waals surface area contributed by atoms with Gasteiger partial charge in [-0.3, -0.25) is 10.1 Å². The van der Waals surface area contributed by atoms with Gasteiger partial charge < -0.3 is 10.4 Å². The summed E-state index contributed by atoms with van der Waals surface area (Å²) < 4.78 is 0. The zero-order valence-corrected chi connectivity index (χ0v) is 9.41. The molecule has 2 N–H and O–H groups in total. The largest absolute Gasteiger partial charge is 0.396 e. The van der Waals surface area contributed by atoms with Gasteiger partial charge in [0.05, 0.1) is 4.92 Å². The molecule has 1 aromatic rings. The molecule has 0 bridgehead atoms. The minimum atomic E-state index is -0.449. The molecule has 16 heavy (non-hydrogen) atoms. The summed E-state index contributed by atoms with van der Waals surface area (Å²) in [5.74, 6) is 0. The van der Waals surface area contributed by atoms with E-state index in [1.54, 1.807) is 12.1 Å². The zero-order chi connectivity index (χ0) is 12.0. The molecule has 0 saturated heterocycles. The van der Waals surface area contributed by atoms with Crippen molar-refractivity contribution in [1.82, 2.24) is 5.32 Å². The van der Waals surface area contributed by atoms with Crippen LogP contribution in [0.15, 0.2) is 18.2 Å². The molecular formula is C10H13ClN2O3. The molecule has 0 aromatic heterocycles. The third-order valence-corrected chi connectivity index (χ3v) is 2.31. The van der Waals surface area contributed by atoms with Gasteiger partial charge in [0.2, 0.25) is 0 Å². The molecule has 5 nitrogen and oxygen atoms in total. The Hall–Kier alpha value is -1.17. The van der Waals surface area contributed by atoms with Gasteiger partial charge in [0.25, 0.3) is 5.69 Å². The summed E-state index contributed by atoms with van der Waals surface area (Å²) >= 11 is 5.69. The molecular weight excluding hydrogens is 232 g/mol. The summed E-state index contributed by atoms with van der Waals surface area (Å²) in [6.45, 7) is 1.12. The van der Waals surface area contributed by atoms with Gasteiger partial charge in [-0.25, -0.2) is 0 Å². The SMILES string of the molecule is O=[N+]([O-])c1cc(Cl)ccc1CNCCCO. The lowest BCUT2D eigenvalue weighted by Crippen LogP contribution is -2.16. The predicted molar refractivity (Wildman–Crippen MR) is 61.5 cm³/mol. The van der Waals surface area contributed by atoms with Crippen molar-refractivity contribution in [3.8, 4) is 0 Å². The van der Waals surface area contributed by atoms with Gasteiger partial charge in [0.15, 0.2) is 0 Å². The van der Waals surface area contributed by atoms with Crippen LogP contribution in [0.4, 0.5) is 5.69 Å². The monoisotopic (exact) mass is 244 g/mol. The number of nitrogens with zero attached hydrogens (tertiary/aromatic N) is 1. The Labute approximate surface area is 98.2 Å². The normalized spacial score (nSPS) is 10.4. The Kier molecular flexibility index (Phi) is 5.18. The summed E-state index contributed by atoms with van der Waals surface area (Å²) in [4.78, 5) is 10.3. The average Bonchev–Trinajstić information content (AvgIpc) is 2.26. The zero-order valence-electron chi connectivity index (χ0n) is 8.65. The lowest BCUT2D eigenvalue weighted by Gasteiger charge is -2.05. The molecule has 1 rings (SSSR count). The van der Waals surface area contributed by atoms with E-state index >= 15 is 0 Å². The molecule has 6 heteroatoms. The van der Waals surface area contributed by atoms with E-state index in [9.17, 15) is 10.1 Å². The maximum Gasteiger partial charge on any atom is 0.275 e. The van der Waals surface area contributed by atoms with Crippen molar-refractivity contribution in [2.24, 2.45) is 0 Å². The highest BCUT2D eigenvalue weighted by Gasteiger charge is 2.13.